The van der Waals surface area contributed by atoms with Crippen LogP contribution in [0.1, 0.15) is 11.1 Å². The topological polar surface area (TPSA) is 84.2 Å². The molecule has 3 aromatic carbocycles. The molecule has 1 amide bonds. The standard InChI is InChI=1S/C27H20FN3O3.ClH/c1-33-26-15-19(9-12-25(26)34-17-18-7-10-21(28)11-8-18)14-20(16-29)27(32)31-24-6-2-5-23-22(24)4-3-13-30-23;/h2-15H,17H2,1H3,(H,31,32);1H. The molecular weight excluding hydrogens is 469 g/mol. The van der Waals surface area contributed by atoms with Crippen LogP contribution >= 0.6 is 12.4 Å². The van der Waals surface area contributed by atoms with Gasteiger partial charge in [-0.1, -0.05) is 24.3 Å². The molecule has 8 heteroatoms. The number of rotatable bonds is 7. The van der Waals surface area contributed by atoms with Gasteiger partial charge in [0.15, 0.2) is 11.5 Å². The highest BCUT2D eigenvalue weighted by Gasteiger charge is 2.13. The minimum absolute atomic E-state index is 0. The molecule has 1 heterocycles. The van der Waals surface area contributed by atoms with Crippen LogP contribution in [0, 0.1) is 17.1 Å². The van der Waals surface area contributed by atoms with Gasteiger partial charge < -0.3 is 14.8 Å². The van der Waals surface area contributed by atoms with Crippen molar-refractivity contribution in [3.8, 4) is 17.6 Å². The summed E-state index contributed by atoms with van der Waals surface area (Å²) in [5.41, 5.74) is 2.64. The molecule has 0 fully saturated rings. The average molecular weight is 490 g/mol. The molecule has 0 bridgehead atoms. The lowest BCUT2D eigenvalue weighted by Crippen LogP contribution is -2.13. The van der Waals surface area contributed by atoms with Crippen LogP contribution in [-0.2, 0) is 11.4 Å². The summed E-state index contributed by atoms with van der Waals surface area (Å²) >= 11 is 0. The second kappa shape index (κ2) is 11.6. The lowest BCUT2D eigenvalue weighted by atomic mass is 10.1. The van der Waals surface area contributed by atoms with Crippen LogP contribution in [0.2, 0.25) is 0 Å². The number of hydrogen-bond acceptors (Lipinski definition) is 5. The molecule has 0 aliphatic heterocycles. The average Bonchev–Trinajstić information content (AvgIpc) is 2.87. The fourth-order valence-corrected chi connectivity index (χ4v) is 3.35. The van der Waals surface area contributed by atoms with Gasteiger partial charge in [-0.3, -0.25) is 9.78 Å². The SMILES string of the molecule is COc1cc(C=C(C#N)C(=O)Nc2cccc3ncccc23)ccc1OCc1ccc(F)cc1.Cl. The van der Waals surface area contributed by atoms with Crippen molar-refractivity contribution in [2.45, 2.75) is 6.61 Å². The van der Waals surface area contributed by atoms with Gasteiger partial charge in [-0.05, 0) is 65.7 Å². The number of ether oxygens (including phenoxy) is 2. The van der Waals surface area contributed by atoms with Crippen LogP contribution in [0.15, 0.2) is 84.6 Å². The van der Waals surface area contributed by atoms with Crippen LogP contribution in [-0.4, -0.2) is 18.0 Å². The molecule has 0 saturated carbocycles. The van der Waals surface area contributed by atoms with Gasteiger partial charge in [0.2, 0.25) is 0 Å². The van der Waals surface area contributed by atoms with E-state index in [0.717, 1.165) is 16.5 Å². The summed E-state index contributed by atoms with van der Waals surface area (Å²) in [5.74, 6) is 0.0743. The van der Waals surface area contributed by atoms with Crippen molar-refractivity contribution in [2.24, 2.45) is 0 Å². The number of nitriles is 1. The Morgan fingerprint density at radius 2 is 1.89 bits per heavy atom. The summed E-state index contributed by atoms with van der Waals surface area (Å²) < 4.78 is 24.3. The fourth-order valence-electron chi connectivity index (χ4n) is 3.35. The number of pyridine rings is 1. The first-order valence-electron chi connectivity index (χ1n) is 10.4. The molecule has 0 unspecified atom stereocenters. The molecule has 6 nitrogen and oxygen atoms in total. The number of halogens is 2. The number of nitrogens with one attached hydrogen (secondary N) is 1. The lowest BCUT2D eigenvalue weighted by molar-refractivity contribution is -0.112. The number of methoxy groups -OCH3 is 1. The van der Waals surface area contributed by atoms with Crippen molar-refractivity contribution >= 4 is 41.0 Å². The van der Waals surface area contributed by atoms with Crippen molar-refractivity contribution in [2.75, 3.05) is 12.4 Å². The van der Waals surface area contributed by atoms with Gasteiger partial charge in [-0.15, -0.1) is 12.4 Å². The number of carbonyl (C=O) groups excluding carboxylic acids is 1. The maximum absolute atomic E-state index is 13.1. The molecule has 0 atom stereocenters. The van der Waals surface area contributed by atoms with Gasteiger partial charge in [0.1, 0.15) is 24.1 Å². The third-order valence-corrected chi connectivity index (χ3v) is 5.07. The van der Waals surface area contributed by atoms with E-state index in [0.29, 0.717) is 22.7 Å². The Balaban J connectivity index is 0.00000342. The summed E-state index contributed by atoms with van der Waals surface area (Å²) in [6, 6.07) is 22.1. The minimum atomic E-state index is -0.533. The summed E-state index contributed by atoms with van der Waals surface area (Å²) in [4.78, 5) is 17.1. The maximum atomic E-state index is 13.1. The van der Waals surface area contributed by atoms with E-state index < -0.39 is 5.91 Å². The number of nitrogens with zero attached hydrogens (tertiary/aromatic N) is 2. The zero-order chi connectivity index (χ0) is 23.9. The Morgan fingerprint density at radius 1 is 1.09 bits per heavy atom. The smallest absolute Gasteiger partial charge is 0.266 e. The third-order valence-electron chi connectivity index (χ3n) is 5.07. The van der Waals surface area contributed by atoms with Crippen LogP contribution in [0.5, 0.6) is 11.5 Å². The maximum Gasteiger partial charge on any atom is 0.266 e. The van der Waals surface area contributed by atoms with Gasteiger partial charge >= 0.3 is 0 Å². The molecule has 35 heavy (non-hydrogen) atoms. The Morgan fingerprint density at radius 3 is 2.63 bits per heavy atom. The normalized spacial score (nSPS) is 10.7. The van der Waals surface area contributed by atoms with Crippen LogP contribution < -0.4 is 14.8 Å². The highest BCUT2D eigenvalue weighted by molar-refractivity contribution is 6.12. The molecule has 4 aromatic rings. The summed E-state index contributed by atoms with van der Waals surface area (Å²) in [6.07, 6.45) is 3.15. The second-order valence-electron chi connectivity index (χ2n) is 7.33. The Labute approximate surface area is 208 Å². The molecule has 176 valence electrons. The number of anilines is 1. The van der Waals surface area contributed by atoms with E-state index in [1.54, 1.807) is 54.7 Å². The monoisotopic (exact) mass is 489 g/mol. The van der Waals surface area contributed by atoms with E-state index in [2.05, 4.69) is 10.3 Å². The van der Waals surface area contributed by atoms with Crippen LogP contribution in [0.25, 0.3) is 17.0 Å². The minimum Gasteiger partial charge on any atom is -0.493 e. The van der Waals surface area contributed by atoms with Crippen molar-refractivity contribution in [1.82, 2.24) is 4.98 Å². The number of carbonyl (C=O) groups is 1. The number of benzene rings is 3. The Bertz CT molecular complexity index is 1410. The van der Waals surface area contributed by atoms with Crippen LogP contribution in [0.3, 0.4) is 0 Å². The quantitative estimate of drug-likeness (QED) is 0.257. The summed E-state index contributed by atoms with van der Waals surface area (Å²) in [5, 5.41) is 13.1. The zero-order valence-electron chi connectivity index (χ0n) is 18.7. The molecular formula is C27H21ClFN3O3. The van der Waals surface area contributed by atoms with Crippen molar-refractivity contribution in [3.63, 3.8) is 0 Å². The molecule has 1 N–H and O–H groups in total. The molecule has 0 aliphatic rings. The predicted molar refractivity (Wildman–Crippen MR) is 135 cm³/mol. The summed E-state index contributed by atoms with van der Waals surface area (Å²) in [6.45, 7) is 0.234. The molecule has 4 rings (SSSR count). The highest BCUT2D eigenvalue weighted by atomic mass is 35.5. The number of fused-ring (bicyclic) bond motifs is 1. The van der Waals surface area contributed by atoms with Gasteiger partial charge in [0.25, 0.3) is 5.91 Å². The summed E-state index contributed by atoms with van der Waals surface area (Å²) in [7, 11) is 1.50. The van der Waals surface area contributed by atoms with Crippen molar-refractivity contribution in [3.05, 3.63) is 102 Å². The highest BCUT2D eigenvalue weighted by Crippen LogP contribution is 2.30. The van der Waals surface area contributed by atoms with Gasteiger partial charge in [0, 0.05) is 11.6 Å². The predicted octanol–water partition coefficient (Wildman–Crippen LogP) is 5.93. The second-order valence-corrected chi connectivity index (χ2v) is 7.33. The Hall–Kier alpha value is -4.41. The zero-order valence-corrected chi connectivity index (χ0v) is 19.5. The number of hydrogen-bond donors (Lipinski definition) is 1. The van der Waals surface area contributed by atoms with E-state index in [1.807, 2.05) is 18.2 Å². The lowest BCUT2D eigenvalue weighted by Gasteiger charge is -2.12. The van der Waals surface area contributed by atoms with E-state index >= 15 is 0 Å². The third kappa shape index (κ3) is 6.14. The van der Waals surface area contributed by atoms with Crippen molar-refractivity contribution in [1.29, 1.82) is 5.26 Å². The van der Waals surface area contributed by atoms with E-state index in [1.165, 1.54) is 25.3 Å². The molecule has 0 spiro atoms. The molecule has 0 saturated heterocycles. The first-order chi connectivity index (χ1) is 16.6. The molecule has 1 aromatic heterocycles. The van der Waals surface area contributed by atoms with E-state index in [-0.39, 0.29) is 30.4 Å². The van der Waals surface area contributed by atoms with Gasteiger partial charge in [0.05, 0.1) is 18.3 Å². The van der Waals surface area contributed by atoms with Crippen LogP contribution in [0.4, 0.5) is 10.1 Å². The Kier molecular flexibility index (Phi) is 8.38. The molecule has 0 aliphatic carbocycles. The first kappa shape index (κ1) is 25.2. The van der Waals surface area contributed by atoms with E-state index in [4.69, 9.17) is 9.47 Å². The van der Waals surface area contributed by atoms with Crippen molar-refractivity contribution < 1.29 is 18.7 Å². The van der Waals surface area contributed by atoms with E-state index in [9.17, 15) is 14.4 Å². The fraction of sp³-hybridized carbons (Fsp3) is 0.0741. The van der Waals surface area contributed by atoms with Gasteiger partial charge in [-0.2, -0.15) is 5.26 Å². The number of aromatic nitrogens is 1. The first-order valence-corrected chi connectivity index (χ1v) is 10.4. The largest absolute Gasteiger partial charge is 0.493 e. The molecule has 0 radical (unpaired) electrons. The number of amides is 1. The van der Waals surface area contributed by atoms with Gasteiger partial charge in [-0.25, -0.2) is 4.39 Å².